The number of hydrogen-bond donors (Lipinski definition) is 0. The highest BCUT2D eigenvalue weighted by Crippen LogP contribution is 2.33. The fourth-order valence-electron chi connectivity index (χ4n) is 4.70. The van der Waals surface area contributed by atoms with Gasteiger partial charge in [-0.15, -0.1) is 0 Å². The molecular formula is C29H31F2N5O3. The van der Waals surface area contributed by atoms with Crippen LogP contribution in [0.4, 0.5) is 13.6 Å². The topological polar surface area (TPSA) is 92.2 Å². The maximum absolute atomic E-state index is 15.8. The highest BCUT2D eigenvalue weighted by molar-refractivity contribution is 6.03. The molecule has 1 aliphatic heterocycles. The zero-order valence-corrected chi connectivity index (χ0v) is 22.7. The Hall–Kier alpha value is -4.10. The van der Waals surface area contributed by atoms with Gasteiger partial charge in [-0.2, -0.15) is 5.26 Å². The summed E-state index contributed by atoms with van der Waals surface area (Å²) in [6.07, 6.45) is 2.74. The van der Waals surface area contributed by atoms with E-state index in [2.05, 4.69) is 9.98 Å². The molecule has 0 saturated carbocycles. The smallest absolute Gasteiger partial charge is 0.409 e. The van der Waals surface area contributed by atoms with Crippen molar-refractivity contribution in [2.24, 2.45) is 10.9 Å². The standard InChI is InChI=1S/C29H31F2N5O3/c1-6-20(15-32)33-27(17(2)3)19-12-22(30)26(23(31)13-19)28-24(36-8-7-18(4)11-25(36)34-28)14-21-16-35(9-10-39-21)29(37)38-5/h6-8,11-13,17,21H,9-10,14,16H2,1-5H3/b20-6-,33-27?/t21-/m0/s1. The van der Waals surface area contributed by atoms with Gasteiger partial charge in [0, 0.05) is 24.7 Å². The Bertz CT molecular complexity index is 1480. The Balaban J connectivity index is 1.81. The van der Waals surface area contributed by atoms with Crippen LogP contribution in [0.2, 0.25) is 0 Å². The monoisotopic (exact) mass is 535 g/mol. The summed E-state index contributed by atoms with van der Waals surface area (Å²) in [6.45, 7) is 8.27. The van der Waals surface area contributed by atoms with E-state index in [1.165, 1.54) is 19.2 Å². The molecule has 1 atom stereocenters. The van der Waals surface area contributed by atoms with Gasteiger partial charge in [-0.1, -0.05) is 19.9 Å². The summed E-state index contributed by atoms with van der Waals surface area (Å²) in [7, 11) is 1.32. The molecule has 1 aromatic carbocycles. The largest absolute Gasteiger partial charge is 0.453 e. The van der Waals surface area contributed by atoms with E-state index in [1.807, 2.05) is 45.2 Å². The summed E-state index contributed by atoms with van der Waals surface area (Å²) in [6, 6.07) is 8.17. The number of benzene rings is 1. The van der Waals surface area contributed by atoms with Crippen LogP contribution in [0.1, 0.15) is 37.6 Å². The second kappa shape index (κ2) is 11.7. The summed E-state index contributed by atoms with van der Waals surface area (Å²) in [5, 5.41) is 9.30. The third-order valence-electron chi connectivity index (χ3n) is 6.62. The summed E-state index contributed by atoms with van der Waals surface area (Å²) in [5.41, 5.74) is 2.77. The van der Waals surface area contributed by atoms with Gasteiger partial charge in [0.05, 0.1) is 49.0 Å². The van der Waals surface area contributed by atoms with Gasteiger partial charge >= 0.3 is 6.09 Å². The highest BCUT2D eigenvalue weighted by Gasteiger charge is 2.29. The first-order valence-electron chi connectivity index (χ1n) is 12.7. The lowest BCUT2D eigenvalue weighted by atomic mass is 9.96. The van der Waals surface area contributed by atoms with E-state index in [1.54, 1.807) is 22.3 Å². The zero-order valence-electron chi connectivity index (χ0n) is 22.7. The Labute approximate surface area is 226 Å². The molecule has 3 aromatic rings. The lowest BCUT2D eigenvalue weighted by molar-refractivity contribution is -0.0241. The van der Waals surface area contributed by atoms with Crippen LogP contribution in [0.3, 0.4) is 0 Å². The van der Waals surface area contributed by atoms with Crippen molar-refractivity contribution in [1.82, 2.24) is 14.3 Å². The van der Waals surface area contributed by atoms with Crippen molar-refractivity contribution in [2.75, 3.05) is 26.8 Å². The van der Waals surface area contributed by atoms with Gasteiger partial charge in [0.1, 0.15) is 29.0 Å². The van der Waals surface area contributed by atoms with Crippen molar-refractivity contribution in [3.63, 3.8) is 0 Å². The number of carbonyl (C=O) groups excluding carboxylic acids is 1. The number of rotatable bonds is 6. The zero-order chi connectivity index (χ0) is 28.3. The number of nitriles is 1. The van der Waals surface area contributed by atoms with E-state index >= 15 is 8.78 Å². The Morgan fingerprint density at radius 2 is 2.05 bits per heavy atom. The van der Waals surface area contributed by atoms with Crippen LogP contribution in [0, 0.1) is 35.8 Å². The molecule has 39 heavy (non-hydrogen) atoms. The molecule has 0 bridgehead atoms. The number of aliphatic imine (C=N–C) groups is 1. The highest BCUT2D eigenvalue weighted by atomic mass is 19.1. The lowest BCUT2D eigenvalue weighted by Gasteiger charge is -2.32. The number of hydrogen-bond acceptors (Lipinski definition) is 6. The number of morpholine rings is 1. The molecule has 3 heterocycles. The molecule has 4 rings (SSSR count). The number of aryl methyl sites for hydroxylation is 1. The van der Waals surface area contributed by atoms with Crippen LogP contribution in [-0.2, 0) is 15.9 Å². The first kappa shape index (κ1) is 27.9. The van der Waals surface area contributed by atoms with Gasteiger partial charge < -0.3 is 18.8 Å². The number of amides is 1. The summed E-state index contributed by atoms with van der Waals surface area (Å²) in [5.74, 6) is -1.77. The van der Waals surface area contributed by atoms with Gasteiger partial charge in [-0.05, 0) is 49.6 Å². The molecule has 0 N–H and O–H groups in total. The predicted molar refractivity (Wildman–Crippen MR) is 143 cm³/mol. The molecule has 8 nitrogen and oxygen atoms in total. The molecule has 10 heteroatoms. The van der Waals surface area contributed by atoms with Gasteiger partial charge in [0.2, 0.25) is 0 Å². The molecule has 1 amide bonds. The number of pyridine rings is 1. The number of imidazole rings is 1. The molecule has 1 saturated heterocycles. The van der Waals surface area contributed by atoms with Crippen molar-refractivity contribution < 1.29 is 23.0 Å². The molecular weight excluding hydrogens is 504 g/mol. The molecule has 2 aromatic heterocycles. The molecule has 204 valence electrons. The number of aromatic nitrogens is 2. The van der Waals surface area contributed by atoms with Crippen LogP contribution in [0.25, 0.3) is 16.9 Å². The first-order chi connectivity index (χ1) is 18.7. The molecule has 1 fully saturated rings. The fraction of sp³-hybridized carbons (Fsp3) is 0.379. The van der Waals surface area contributed by atoms with Crippen LogP contribution in [0.15, 0.2) is 47.2 Å². The number of allylic oxidation sites excluding steroid dienone is 2. The van der Waals surface area contributed by atoms with Crippen molar-refractivity contribution in [1.29, 1.82) is 5.26 Å². The number of carbonyl (C=O) groups is 1. The van der Waals surface area contributed by atoms with Crippen LogP contribution >= 0.6 is 0 Å². The third-order valence-corrected chi connectivity index (χ3v) is 6.62. The van der Waals surface area contributed by atoms with Gasteiger partial charge in [0.25, 0.3) is 0 Å². The van der Waals surface area contributed by atoms with Crippen LogP contribution in [-0.4, -0.2) is 59.0 Å². The minimum atomic E-state index is -0.792. The third kappa shape index (κ3) is 5.83. The second-order valence-electron chi connectivity index (χ2n) is 9.70. The minimum absolute atomic E-state index is 0.162. The Kier molecular flexibility index (Phi) is 8.41. The number of halogens is 2. The lowest BCUT2D eigenvalue weighted by Crippen LogP contribution is -2.46. The maximum atomic E-state index is 15.8. The van der Waals surface area contributed by atoms with Gasteiger partial charge in [0.15, 0.2) is 0 Å². The van der Waals surface area contributed by atoms with Crippen molar-refractivity contribution in [3.05, 3.63) is 70.7 Å². The van der Waals surface area contributed by atoms with E-state index < -0.39 is 23.8 Å². The van der Waals surface area contributed by atoms with Crippen LogP contribution in [0.5, 0.6) is 0 Å². The molecule has 1 aliphatic rings. The second-order valence-corrected chi connectivity index (χ2v) is 9.70. The molecule has 0 aliphatic carbocycles. The molecule has 0 radical (unpaired) electrons. The summed E-state index contributed by atoms with van der Waals surface area (Å²) >= 11 is 0. The van der Waals surface area contributed by atoms with E-state index in [-0.39, 0.29) is 41.4 Å². The maximum Gasteiger partial charge on any atom is 0.409 e. The molecule has 0 spiro atoms. The van der Waals surface area contributed by atoms with E-state index in [0.29, 0.717) is 30.2 Å². The number of ether oxygens (including phenoxy) is 2. The number of methoxy groups -OCH3 is 1. The first-order valence-corrected chi connectivity index (χ1v) is 12.7. The predicted octanol–water partition coefficient (Wildman–Crippen LogP) is 5.47. The number of fused-ring (bicyclic) bond motifs is 1. The summed E-state index contributed by atoms with van der Waals surface area (Å²) in [4.78, 5) is 22.6. The van der Waals surface area contributed by atoms with Gasteiger partial charge in [-0.25, -0.2) is 23.6 Å². The van der Waals surface area contributed by atoms with Gasteiger partial charge in [-0.3, -0.25) is 0 Å². The quantitative estimate of drug-likeness (QED) is 0.308. The van der Waals surface area contributed by atoms with Crippen molar-refractivity contribution in [3.8, 4) is 17.3 Å². The molecule has 0 unspecified atom stereocenters. The number of nitrogens with zero attached hydrogens (tertiary/aromatic N) is 5. The van der Waals surface area contributed by atoms with Crippen molar-refractivity contribution in [2.45, 2.75) is 40.2 Å². The normalized spacial score (nSPS) is 16.6. The van der Waals surface area contributed by atoms with Crippen molar-refractivity contribution >= 4 is 17.5 Å². The van der Waals surface area contributed by atoms with E-state index in [9.17, 15) is 10.1 Å². The Morgan fingerprint density at radius 3 is 2.67 bits per heavy atom. The average molecular weight is 536 g/mol. The van der Waals surface area contributed by atoms with Crippen LogP contribution < -0.4 is 0 Å². The average Bonchev–Trinajstić information content (AvgIpc) is 3.24. The van der Waals surface area contributed by atoms with E-state index in [0.717, 1.165) is 5.56 Å². The SMILES string of the molecule is C/C=C(/C#N)N=C(c1cc(F)c(-c2nc3cc(C)ccn3c2C[C@H]2CN(C(=O)OC)CCO2)c(F)c1)C(C)C. The minimum Gasteiger partial charge on any atom is -0.453 e. The Morgan fingerprint density at radius 1 is 1.33 bits per heavy atom. The van der Waals surface area contributed by atoms with E-state index in [4.69, 9.17) is 9.47 Å². The fourth-order valence-corrected chi connectivity index (χ4v) is 4.70. The summed E-state index contributed by atoms with van der Waals surface area (Å²) < 4.78 is 44.1.